The van der Waals surface area contributed by atoms with Crippen molar-refractivity contribution in [3.05, 3.63) is 132 Å². The average Bonchev–Trinajstić information content (AvgIpc) is 3.75. The van der Waals surface area contributed by atoms with Gasteiger partial charge in [0, 0.05) is 77.8 Å². The van der Waals surface area contributed by atoms with E-state index in [1.165, 1.54) is 28.8 Å². The van der Waals surface area contributed by atoms with E-state index in [1.807, 2.05) is 18.2 Å². The molecule has 13 heteroatoms. The molecule has 0 unspecified atom stereocenters. The number of benzene rings is 3. The molecule has 9 nitrogen and oxygen atoms in total. The summed E-state index contributed by atoms with van der Waals surface area (Å²) in [6.45, 7) is 12.6. The lowest BCUT2D eigenvalue weighted by Crippen LogP contribution is -2.37. The normalized spacial score (nSPS) is 20.9. The summed E-state index contributed by atoms with van der Waals surface area (Å²) >= 11 is 4.72. The van der Waals surface area contributed by atoms with Crippen LogP contribution < -0.4 is 14.1 Å². The Labute approximate surface area is 379 Å². The van der Waals surface area contributed by atoms with Gasteiger partial charge in [-0.2, -0.15) is 0 Å². The van der Waals surface area contributed by atoms with Crippen molar-refractivity contribution in [3.8, 4) is 0 Å². The van der Waals surface area contributed by atoms with Crippen LogP contribution in [0.15, 0.2) is 114 Å². The second-order valence-electron chi connectivity index (χ2n) is 16.7. The number of allylic oxidation sites excluding steroid dienone is 8. The maximum atomic E-state index is 14.5. The van der Waals surface area contributed by atoms with E-state index >= 15 is 0 Å². The van der Waals surface area contributed by atoms with Gasteiger partial charge in [0.2, 0.25) is 5.71 Å². The molecule has 59 heavy (non-hydrogen) atoms. The van der Waals surface area contributed by atoms with E-state index in [0.717, 1.165) is 57.5 Å². The molecular weight excluding hydrogens is 1010 g/mol. The summed E-state index contributed by atoms with van der Waals surface area (Å²) in [5, 5.41) is 0. The zero-order valence-corrected chi connectivity index (χ0v) is 41.1. The van der Waals surface area contributed by atoms with Gasteiger partial charge < -0.3 is 14.4 Å². The van der Waals surface area contributed by atoms with Gasteiger partial charge in [-0.1, -0.05) is 81.8 Å². The molecule has 0 aromatic heterocycles. The third-order valence-corrected chi connectivity index (χ3v) is 15.9. The van der Waals surface area contributed by atoms with Crippen molar-refractivity contribution in [3.63, 3.8) is 0 Å². The molecular formula is C46H56I2N4O5S2. The molecule has 3 aromatic carbocycles. The Kier molecular flexibility index (Phi) is 14.0. The first-order chi connectivity index (χ1) is 27.8. The third-order valence-electron chi connectivity index (χ3n) is 12.0. The highest BCUT2D eigenvalue weighted by atomic mass is 127. The van der Waals surface area contributed by atoms with E-state index in [9.17, 15) is 21.4 Å². The molecule has 0 saturated heterocycles. The molecule has 316 valence electrons. The van der Waals surface area contributed by atoms with Crippen LogP contribution in [0.25, 0.3) is 0 Å². The Hall–Kier alpha value is -2.99. The number of hydrogen-bond donors (Lipinski definition) is 0. The number of para-hydroxylation sites is 1. The zero-order valence-electron chi connectivity index (χ0n) is 35.1. The second-order valence-corrected chi connectivity index (χ2v) is 22.7. The molecule has 2 heterocycles. The van der Waals surface area contributed by atoms with Crippen LogP contribution in [0.3, 0.4) is 0 Å². The van der Waals surface area contributed by atoms with E-state index in [-0.39, 0.29) is 11.8 Å². The second kappa shape index (κ2) is 18.2. The molecule has 3 aromatic rings. The van der Waals surface area contributed by atoms with Crippen LogP contribution in [0.2, 0.25) is 0 Å². The summed E-state index contributed by atoms with van der Waals surface area (Å²) in [7, 11) is -5.07. The fourth-order valence-corrected chi connectivity index (χ4v) is 11.5. The van der Waals surface area contributed by atoms with Gasteiger partial charge in [0.25, 0.3) is 0 Å². The predicted octanol–water partition coefficient (Wildman–Crippen LogP) is 10.2. The largest absolute Gasteiger partial charge is 0.748 e. The summed E-state index contributed by atoms with van der Waals surface area (Å²) in [6, 6.07) is 22.2. The van der Waals surface area contributed by atoms with Crippen molar-refractivity contribution in [2.45, 2.75) is 90.4 Å². The molecule has 1 fully saturated rings. The Morgan fingerprint density at radius 3 is 1.66 bits per heavy atom. The molecule has 1 aliphatic carbocycles. The van der Waals surface area contributed by atoms with E-state index in [2.05, 4.69) is 150 Å². The molecule has 0 spiro atoms. The number of anilines is 3. The maximum absolute atomic E-state index is 14.5. The van der Waals surface area contributed by atoms with Crippen LogP contribution in [0.5, 0.6) is 0 Å². The maximum Gasteiger partial charge on any atom is 0.467 e. The highest BCUT2D eigenvalue weighted by Gasteiger charge is 2.42. The van der Waals surface area contributed by atoms with Crippen molar-refractivity contribution in [1.82, 2.24) is 0 Å². The first-order valence-corrected chi connectivity index (χ1v) is 25.5. The molecule has 0 bridgehead atoms. The molecule has 1 saturated carbocycles. The van der Waals surface area contributed by atoms with Crippen LogP contribution in [0, 0.1) is 7.14 Å². The molecule has 0 radical (unpaired) electrons. The minimum Gasteiger partial charge on any atom is -0.748 e. The van der Waals surface area contributed by atoms with Crippen LogP contribution >= 0.6 is 45.2 Å². The van der Waals surface area contributed by atoms with Crippen molar-refractivity contribution in [2.24, 2.45) is 0 Å². The highest BCUT2D eigenvalue weighted by molar-refractivity contribution is 14.1. The fraction of sp³-hybridized carbons (Fsp3) is 0.413. The topological polar surface area (TPSA) is 104 Å². The lowest BCUT2D eigenvalue weighted by atomic mass is 9.83. The van der Waals surface area contributed by atoms with Crippen LogP contribution in [-0.2, 0) is 31.2 Å². The molecule has 0 N–H and O–H groups in total. The highest BCUT2D eigenvalue weighted by Crippen LogP contribution is 2.50. The number of rotatable bonds is 14. The first kappa shape index (κ1) is 45.5. The molecule has 6 rings (SSSR count). The van der Waals surface area contributed by atoms with Crippen molar-refractivity contribution in [2.75, 3.05) is 47.0 Å². The van der Waals surface area contributed by atoms with Gasteiger partial charge in [-0.3, -0.25) is 0 Å². The van der Waals surface area contributed by atoms with E-state index < -0.39 is 31.5 Å². The summed E-state index contributed by atoms with van der Waals surface area (Å²) in [5.41, 5.74) is 9.42. The quantitative estimate of drug-likeness (QED) is 0.0686. The molecule has 3 aliphatic rings. The summed E-state index contributed by atoms with van der Waals surface area (Å²) < 4.78 is 68.4. The SMILES string of the molecule is CCCCCN1C(=CC=C2CC/C(=C\C=C3\N(CCCCS(=O)(=O)[O-])c4ccc(I)cc4C3(C)C)C2=[N+](C)S(=O)(=O)N(C)c2ccccc2)C(C)(C)c2cc(I)ccc21. The summed E-state index contributed by atoms with van der Waals surface area (Å²) in [5.74, 6) is -0.395. The van der Waals surface area contributed by atoms with Gasteiger partial charge >= 0.3 is 10.2 Å². The van der Waals surface area contributed by atoms with E-state index in [0.29, 0.717) is 37.2 Å². The first-order valence-electron chi connectivity index (χ1n) is 20.4. The van der Waals surface area contributed by atoms with Gasteiger partial charge in [-0.05, 0) is 149 Å². The predicted molar refractivity (Wildman–Crippen MR) is 259 cm³/mol. The van der Waals surface area contributed by atoms with Gasteiger partial charge in [-0.25, -0.2) is 12.7 Å². The number of unbranched alkanes of at least 4 members (excludes halogenated alkanes) is 3. The fourth-order valence-electron chi connectivity index (χ4n) is 8.72. The Balaban J connectivity index is 1.48. The third kappa shape index (κ3) is 9.58. The van der Waals surface area contributed by atoms with E-state index in [4.69, 9.17) is 0 Å². The number of halogens is 2. The van der Waals surface area contributed by atoms with Crippen molar-refractivity contribution < 1.29 is 25.4 Å². The van der Waals surface area contributed by atoms with Crippen LogP contribution in [0.1, 0.15) is 90.7 Å². The summed E-state index contributed by atoms with van der Waals surface area (Å²) in [4.78, 5) is 4.69. The Morgan fingerprint density at radius 1 is 0.729 bits per heavy atom. The van der Waals surface area contributed by atoms with Gasteiger partial charge in [0.05, 0.1) is 15.8 Å². The van der Waals surface area contributed by atoms with Gasteiger partial charge in [-0.15, -0.1) is 8.42 Å². The van der Waals surface area contributed by atoms with E-state index in [1.54, 1.807) is 26.2 Å². The summed E-state index contributed by atoms with van der Waals surface area (Å²) in [6.07, 6.45) is 14.0. The standard InChI is InChI=1S/C46H56I2N4O5S2/c1-8-9-13-28-51-40-24-22-35(47)31-38(40)45(2,3)42(51)26-20-33-18-19-34(44(33)50(7)59(56,57)49(6)37-16-11-10-12-17-37)21-27-43-46(4,5)39-32-36(48)23-25-41(39)52(43)29-14-15-30-58(53,54)55/h10-12,16-17,20-27,31-32H,8-9,13-15,18-19,28-30H2,1-7H3. The van der Waals surface area contributed by atoms with Crippen molar-refractivity contribution in [1.29, 1.82) is 0 Å². The van der Waals surface area contributed by atoms with Gasteiger partial charge in [0.1, 0.15) is 0 Å². The number of nitrogens with zero attached hydrogens (tertiary/aromatic N) is 4. The van der Waals surface area contributed by atoms with Crippen LogP contribution in [0.4, 0.5) is 17.1 Å². The molecule has 0 amide bonds. The van der Waals surface area contributed by atoms with Gasteiger partial charge in [0.15, 0.2) is 7.05 Å². The lowest BCUT2D eigenvalue weighted by Gasteiger charge is -2.27. The smallest absolute Gasteiger partial charge is 0.467 e. The zero-order chi connectivity index (χ0) is 42.9. The minimum absolute atomic E-state index is 0.255. The Bertz CT molecular complexity index is 2470. The lowest BCUT2D eigenvalue weighted by molar-refractivity contribution is -0.325. The van der Waals surface area contributed by atoms with Crippen LogP contribution in [-0.4, -0.2) is 64.0 Å². The minimum atomic E-state index is -4.31. The molecule has 0 atom stereocenters. The van der Waals surface area contributed by atoms with Crippen molar-refractivity contribution >= 4 is 88.3 Å². The average molecular weight is 1060 g/mol. The molecule has 2 aliphatic heterocycles. The number of hydrogen-bond acceptors (Lipinski definition) is 7. The monoisotopic (exact) mass is 1060 g/mol. The Morgan fingerprint density at radius 2 is 1.20 bits per heavy atom. The number of fused-ring (bicyclic) bond motifs is 2.